The van der Waals surface area contributed by atoms with Crippen LogP contribution in [0, 0.1) is 0 Å². The molecule has 4 rings (SSSR count). The van der Waals surface area contributed by atoms with Gasteiger partial charge in [0.15, 0.2) is 0 Å². The van der Waals surface area contributed by atoms with Crippen LogP contribution in [0.5, 0.6) is 11.5 Å². The first-order valence-corrected chi connectivity index (χ1v) is 11.3. The van der Waals surface area contributed by atoms with Crippen LogP contribution in [0.3, 0.4) is 0 Å². The number of benzene rings is 3. The smallest absolute Gasteiger partial charge is 0.411 e. The van der Waals surface area contributed by atoms with Crippen molar-refractivity contribution in [2.45, 2.75) is 39.0 Å². The number of carbonyl (C=O) groups is 2. The van der Waals surface area contributed by atoms with E-state index >= 15 is 0 Å². The van der Waals surface area contributed by atoms with Gasteiger partial charge in [-0.1, -0.05) is 60.1 Å². The topological polar surface area (TPSA) is 65.1 Å². The zero-order valence-corrected chi connectivity index (χ0v) is 19.3. The Labute approximate surface area is 200 Å². The monoisotopic (exact) mass is 455 g/mol. The zero-order chi connectivity index (χ0) is 24.1. The van der Waals surface area contributed by atoms with E-state index in [1.807, 2.05) is 55.5 Å². The SMILES string of the molecule is [B]c1ccc(Oc2cccc(CC(=O)OCC)c2)c(CN2C(=O)O[C@H](c3ccccc3)[C@@H]2C)c1. The molecule has 0 aliphatic carbocycles. The third-order valence-electron chi connectivity index (χ3n) is 5.73. The van der Waals surface area contributed by atoms with Crippen molar-refractivity contribution in [2.75, 3.05) is 6.61 Å². The van der Waals surface area contributed by atoms with Gasteiger partial charge in [-0.15, -0.1) is 0 Å². The molecular weight excluding hydrogens is 429 g/mol. The molecule has 2 atom stereocenters. The van der Waals surface area contributed by atoms with Gasteiger partial charge in [-0.3, -0.25) is 9.69 Å². The fraction of sp³-hybridized carbons (Fsp3) is 0.259. The van der Waals surface area contributed by atoms with Crippen molar-refractivity contribution in [3.63, 3.8) is 0 Å². The summed E-state index contributed by atoms with van der Waals surface area (Å²) in [5, 5.41) is 0. The summed E-state index contributed by atoms with van der Waals surface area (Å²) in [4.78, 5) is 26.2. The molecule has 3 aromatic rings. The molecule has 0 N–H and O–H groups in total. The first-order chi connectivity index (χ1) is 16.4. The Balaban J connectivity index is 1.53. The lowest BCUT2D eigenvalue weighted by atomic mass is 9.93. The van der Waals surface area contributed by atoms with Crippen molar-refractivity contribution in [2.24, 2.45) is 0 Å². The highest BCUT2D eigenvalue weighted by atomic mass is 16.6. The number of amides is 1. The fourth-order valence-electron chi connectivity index (χ4n) is 4.03. The summed E-state index contributed by atoms with van der Waals surface area (Å²) in [5.74, 6) is 0.861. The molecule has 0 saturated carbocycles. The summed E-state index contributed by atoms with van der Waals surface area (Å²) in [5.41, 5.74) is 3.07. The lowest BCUT2D eigenvalue weighted by Gasteiger charge is -2.22. The van der Waals surface area contributed by atoms with Crippen LogP contribution >= 0.6 is 0 Å². The molecule has 34 heavy (non-hydrogen) atoms. The molecule has 1 fully saturated rings. The lowest BCUT2D eigenvalue weighted by molar-refractivity contribution is -0.142. The van der Waals surface area contributed by atoms with Gasteiger partial charge in [-0.25, -0.2) is 4.79 Å². The molecule has 1 aliphatic rings. The second kappa shape index (κ2) is 10.5. The molecule has 1 saturated heterocycles. The van der Waals surface area contributed by atoms with Crippen molar-refractivity contribution in [3.8, 4) is 11.5 Å². The Kier molecular flexibility index (Phi) is 7.21. The number of hydrogen-bond acceptors (Lipinski definition) is 5. The Morgan fingerprint density at radius 1 is 1.06 bits per heavy atom. The molecule has 1 amide bonds. The third-order valence-corrected chi connectivity index (χ3v) is 5.73. The number of esters is 1. The van der Waals surface area contributed by atoms with Crippen LogP contribution in [0.4, 0.5) is 4.79 Å². The summed E-state index contributed by atoms with van der Waals surface area (Å²) < 4.78 is 16.9. The van der Waals surface area contributed by atoms with Crippen molar-refractivity contribution in [1.82, 2.24) is 4.90 Å². The van der Waals surface area contributed by atoms with Gasteiger partial charge in [0.1, 0.15) is 25.4 Å². The maximum atomic E-state index is 12.7. The molecule has 1 heterocycles. The highest BCUT2D eigenvalue weighted by molar-refractivity contribution is 6.32. The van der Waals surface area contributed by atoms with E-state index in [1.165, 1.54) is 0 Å². The Morgan fingerprint density at radius 2 is 1.85 bits per heavy atom. The van der Waals surface area contributed by atoms with Crippen molar-refractivity contribution in [3.05, 3.63) is 89.5 Å². The molecule has 6 nitrogen and oxygen atoms in total. The largest absolute Gasteiger partial charge is 0.466 e. The van der Waals surface area contributed by atoms with Crippen molar-refractivity contribution < 1.29 is 23.8 Å². The first kappa shape index (κ1) is 23.4. The Morgan fingerprint density at radius 3 is 2.62 bits per heavy atom. The molecule has 0 aromatic heterocycles. The van der Waals surface area contributed by atoms with Gasteiger partial charge < -0.3 is 14.2 Å². The van der Waals surface area contributed by atoms with E-state index in [9.17, 15) is 9.59 Å². The highest BCUT2D eigenvalue weighted by Gasteiger charge is 2.39. The second-order valence-electron chi connectivity index (χ2n) is 8.18. The standard InChI is InChI=1S/C27H26BNO5/c1-3-32-25(30)15-19-8-7-11-23(14-19)33-24-13-12-22(28)16-21(24)17-29-18(2)26(34-27(29)31)20-9-5-4-6-10-20/h4-14,16,18,26H,3,15,17H2,1-2H3/t18-,26-/m0/s1. The summed E-state index contributed by atoms with van der Waals surface area (Å²) >= 11 is 0. The van der Waals surface area contributed by atoms with Crippen molar-refractivity contribution in [1.29, 1.82) is 0 Å². The minimum Gasteiger partial charge on any atom is -0.466 e. The molecule has 2 radical (unpaired) electrons. The average molecular weight is 455 g/mol. The van der Waals surface area contributed by atoms with Crippen LogP contribution in [0.25, 0.3) is 0 Å². The molecule has 0 unspecified atom stereocenters. The third kappa shape index (κ3) is 5.42. The van der Waals surface area contributed by atoms with Gasteiger partial charge in [0.2, 0.25) is 0 Å². The maximum Gasteiger partial charge on any atom is 0.411 e. The molecule has 3 aromatic carbocycles. The molecule has 0 spiro atoms. The fourth-order valence-corrected chi connectivity index (χ4v) is 4.03. The highest BCUT2D eigenvalue weighted by Crippen LogP contribution is 2.35. The van der Waals surface area contributed by atoms with Crippen LogP contribution in [0.2, 0.25) is 0 Å². The molecule has 7 heteroatoms. The van der Waals surface area contributed by atoms with Crippen LogP contribution in [0.15, 0.2) is 72.8 Å². The summed E-state index contributed by atoms with van der Waals surface area (Å²) in [7, 11) is 6.05. The Hall–Kier alpha value is -3.74. The number of cyclic esters (lactones) is 1. The van der Waals surface area contributed by atoms with Gasteiger partial charge in [-0.05, 0) is 43.2 Å². The molecule has 172 valence electrons. The molecular formula is C27H26BNO5. The van der Waals surface area contributed by atoms with E-state index in [4.69, 9.17) is 22.1 Å². The van der Waals surface area contributed by atoms with E-state index in [1.54, 1.807) is 36.1 Å². The lowest BCUT2D eigenvalue weighted by Crippen LogP contribution is -2.31. The quantitative estimate of drug-likeness (QED) is 0.371. The molecule has 1 aliphatic heterocycles. The maximum absolute atomic E-state index is 12.7. The number of hydrogen-bond donors (Lipinski definition) is 0. The predicted molar refractivity (Wildman–Crippen MR) is 129 cm³/mol. The summed E-state index contributed by atoms with van der Waals surface area (Å²) in [6, 6.07) is 22.1. The van der Waals surface area contributed by atoms with Gasteiger partial charge in [0, 0.05) is 5.56 Å². The minimum atomic E-state index is -0.383. The Bertz CT molecular complexity index is 1170. The van der Waals surface area contributed by atoms with Crippen LogP contribution in [0.1, 0.15) is 36.6 Å². The zero-order valence-electron chi connectivity index (χ0n) is 19.3. The van der Waals surface area contributed by atoms with Gasteiger partial charge in [0.25, 0.3) is 0 Å². The number of ether oxygens (including phenoxy) is 3. The average Bonchev–Trinajstić information content (AvgIpc) is 3.10. The van der Waals surface area contributed by atoms with Crippen molar-refractivity contribution >= 4 is 25.4 Å². The first-order valence-electron chi connectivity index (χ1n) is 11.3. The van der Waals surface area contributed by atoms with Gasteiger partial charge in [-0.2, -0.15) is 0 Å². The normalized spacial score (nSPS) is 17.4. The summed E-state index contributed by atoms with van der Waals surface area (Å²) in [6.45, 7) is 4.37. The van der Waals surface area contributed by atoms with E-state index < -0.39 is 0 Å². The number of nitrogens with zero attached hydrogens (tertiary/aromatic N) is 1. The number of carbonyl (C=O) groups excluding carboxylic acids is 2. The van der Waals surface area contributed by atoms with E-state index in [2.05, 4.69) is 0 Å². The van der Waals surface area contributed by atoms with E-state index in [0.717, 1.165) is 16.7 Å². The van der Waals surface area contributed by atoms with Gasteiger partial charge in [0.05, 0.1) is 25.6 Å². The molecule has 0 bridgehead atoms. The van der Waals surface area contributed by atoms with Crippen LogP contribution in [-0.4, -0.2) is 37.5 Å². The van der Waals surface area contributed by atoms with E-state index in [-0.39, 0.29) is 37.2 Å². The van der Waals surface area contributed by atoms with Crippen LogP contribution < -0.4 is 10.2 Å². The predicted octanol–water partition coefficient (Wildman–Crippen LogP) is 4.46. The van der Waals surface area contributed by atoms with Crippen LogP contribution in [-0.2, 0) is 27.2 Å². The van der Waals surface area contributed by atoms with Gasteiger partial charge >= 0.3 is 12.1 Å². The summed E-state index contributed by atoms with van der Waals surface area (Å²) in [6.07, 6.45) is -0.567. The number of rotatable bonds is 8. The second-order valence-corrected chi connectivity index (χ2v) is 8.18. The van der Waals surface area contributed by atoms with E-state index in [0.29, 0.717) is 23.6 Å². The minimum absolute atomic E-state index is 0.164.